The summed E-state index contributed by atoms with van der Waals surface area (Å²) >= 11 is 0. The van der Waals surface area contributed by atoms with Gasteiger partial charge in [0, 0.05) is 32.0 Å². The average Bonchev–Trinajstić information content (AvgIpc) is 3.17. The number of nitrogens with one attached hydrogen (secondary N) is 1. The number of rotatable bonds is 10. The molecule has 10 heteroatoms. The second kappa shape index (κ2) is 10.1. The highest BCUT2D eigenvalue weighted by Gasteiger charge is 2.20. The molecule has 0 aliphatic heterocycles. The Balaban J connectivity index is 1.51. The minimum atomic E-state index is -3.56. The van der Waals surface area contributed by atoms with Crippen molar-refractivity contribution in [3.8, 4) is 0 Å². The molecule has 172 valence electrons. The fourth-order valence-electron chi connectivity index (χ4n) is 4.17. The Bertz CT molecular complexity index is 1330. The lowest BCUT2D eigenvalue weighted by molar-refractivity contribution is 0.199. The van der Waals surface area contributed by atoms with Gasteiger partial charge in [-0.05, 0) is 31.7 Å². The number of hydrogen-bond donors (Lipinski definition) is 2. The first kappa shape index (κ1) is 23.5. The molecule has 1 aromatic carbocycles. The van der Waals surface area contributed by atoms with E-state index in [-0.39, 0.29) is 4.91 Å². The van der Waals surface area contributed by atoms with Gasteiger partial charge >= 0.3 is 0 Å². The van der Waals surface area contributed by atoms with Crippen LogP contribution in [0.25, 0.3) is 21.9 Å². The standard InChI is InChI=1S/C23H28BN5O3S/c1-32-15-12-20-28-21-22(16-8-2-4-10-18(16)27-23(21)25)29(20)14-7-6-13-26-33(30,31)19-11-5-3-9-17(19)24/h2-4,8-10,26H,5-7,11-15H2,1H3,(H2,25,27). The quantitative estimate of drug-likeness (QED) is 0.352. The number of aryl methyl sites for hydroxylation is 1. The van der Waals surface area contributed by atoms with Crippen LogP contribution in [0.2, 0.25) is 0 Å². The minimum Gasteiger partial charge on any atom is -0.384 e. The zero-order valence-electron chi connectivity index (χ0n) is 18.8. The molecule has 0 unspecified atom stereocenters. The highest BCUT2D eigenvalue weighted by Crippen LogP contribution is 2.29. The SMILES string of the molecule is [B]C1=C(S(=O)(=O)NCCCCn2c(CCOC)nc3c(N)nc4ccccc4c32)CCC=C1. The van der Waals surface area contributed by atoms with Crippen LogP contribution in [0.15, 0.2) is 46.8 Å². The van der Waals surface area contributed by atoms with Gasteiger partial charge in [0.05, 0.1) is 22.5 Å². The van der Waals surface area contributed by atoms with Crippen molar-refractivity contribution < 1.29 is 13.2 Å². The van der Waals surface area contributed by atoms with Crippen LogP contribution in [-0.2, 0) is 27.7 Å². The monoisotopic (exact) mass is 465 g/mol. The lowest BCUT2D eigenvalue weighted by atomic mass is 9.90. The number of nitrogen functional groups attached to an aromatic ring is 1. The number of para-hydroxylation sites is 1. The molecule has 0 amide bonds. The Morgan fingerprint density at radius 1 is 1.24 bits per heavy atom. The number of benzene rings is 1. The number of nitrogens with zero attached hydrogens (tertiary/aromatic N) is 3. The molecule has 0 saturated heterocycles. The first-order valence-corrected chi connectivity index (χ1v) is 12.6. The number of pyridine rings is 1. The smallest absolute Gasteiger partial charge is 0.236 e. The number of imidazole rings is 1. The van der Waals surface area contributed by atoms with E-state index in [1.807, 2.05) is 30.3 Å². The predicted octanol–water partition coefficient (Wildman–Crippen LogP) is 2.79. The molecule has 2 radical (unpaired) electrons. The summed E-state index contributed by atoms with van der Waals surface area (Å²) < 4.78 is 35.3. The molecule has 0 fully saturated rings. The number of aromatic nitrogens is 3. The number of hydrogen-bond acceptors (Lipinski definition) is 6. The lowest BCUT2D eigenvalue weighted by Crippen LogP contribution is -2.27. The van der Waals surface area contributed by atoms with Gasteiger partial charge in [0.1, 0.15) is 19.2 Å². The molecule has 4 rings (SSSR count). The number of allylic oxidation sites excluding steroid dienone is 4. The van der Waals surface area contributed by atoms with Crippen LogP contribution in [0, 0.1) is 0 Å². The zero-order chi connectivity index (χ0) is 23.4. The number of unbranched alkanes of at least 4 members (excludes halogenated alkanes) is 1. The summed E-state index contributed by atoms with van der Waals surface area (Å²) in [7, 11) is 3.96. The van der Waals surface area contributed by atoms with Crippen LogP contribution in [0.5, 0.6) is 0 Å². The summed E-state index contributed by atoms with van der Waals surface area (Å²) in [5.41, 5.74) is 9.01. The molecule has 33 heavy (non-hydrogen) atoms. The van der Waals surface area contributed by atoms with E-state index in [9.17, 15) is 8.42 Å². The van der Waals surface area contributed by atoms with E-state index in [0.29, 0.717) is 62.2 Å². The van der Waals surface area contributed by atoms with Crippen molar-refractivity contribution in [1.82, 2.24) is 19.3 Å². The van der Waals surface area contributed by atoms with Gasteiger partial charge in [-0.25, -0.2) is 23.1 Å². The zero-order valence-corrected chi connectivity index (χ0v) is 19.6. The normalized spacial score (nSPS) is 14.6. The van der Waals surface area contributed by atoms with Crippen molar-refractivity contribution in [1.29, 1.82) is 0 Å². The van der Waals surface area contributed by atoms with Crippen molar-refractivity contribution in [2.45, 2.75) is 38.6 Å². The third-order valence-electron chi connectivity index (χ3n) is 5.80. The van der Waals surface area contributed by atoms with Gasteiger partial charge in [-0.1, -0.05) is 35.8 Å². The van der Waals surface area contributed by atoms with Crippen LogP contribution < -0.4 is 10.5 Å². The molecule has 0 bridgehead atoms. The van der Waals surface area contributed by atoms with Crippen molar-refractivity contribution in [2.24, 2.45) is 0 Å². The molecule has 3 aromatic rings. The van der Waals surface area contributed by atoms with Crippen LogP contribution in [0.1, 0.15) is 31.5 Å². The molecule has 3 N–H and O–H groups in total. The second-order valence-electron chi connectivity index (χ2n) is 8.06. The average molecular weight is 465 g/mol. The molecule has 0 atom stereocenters. The summed E-state index contributed by atoms with van der Waals surface area (Å²) in [5, 5.41) is 0.992. The Labute approximate surface area is 195 Å². The summed E-state index contributed by atoms with van der Waals surface area (Å²) in [6.45, 7) is 1.56. The molecule has 0 spiro atoms. The number of methoxy groups -OCH3 is 1. The van der Waals surface area contributed by atoms with Gasteiger partial charge in [-0.15, -0.1) is 0 Å². The molecule has 8 nitrogen and oxygen atoms in total. The van der Waals surface area contributed by atoms with Gasteiger partial charge in [0.2, 0.25) is 10.0 Å². The fourth-order valence-corrected chi connectivity index (χ4v) is 5.52. The van der Waals surface area contributed by atoms with Crippen LogP contribution in [-0.4, -0.2) is 51.1 Å². The summed E-state index contributed by atoms with van der Waals surface area (Å²) in [6.07, 6.45) is 6.74. The van der Waals surface area contributed by atoms with Gasteiger partial charge in [-0.2, -0.15) is 0 Å². The van der Waals surface area contributed by atoms with Crippen LogP contribution in [0.4, 0.5) is 5.82 Å². The third-order valence-corrected chi connectivity index (χ3v) is 7.47. The van der Waals surface area contributed by atoms with Crippen molar-refractivity contribution >= 4 is 45.6 Å². The van der Waals surface area contributed by atoms with Crippen molar-refractivity contribution in [3.63, 3.8) is 0 Å². The van der Waals surface area contributed by atoms with Gasteiger partial charge < -0.3 is 15.0 Å². The van der Waals surface area contributed by atoms with Crippen LogP contribution in [0.3, 0.4) is 0 Å². The van der Waals surface area contributed by atoms with Crippen LogP contribution >= 0.6 is 0 Å². The topological polar surface area (TPSA) is 112 Å². The number of nitrogens with two attached hydrogens (primary N) is 1. The number of sulfonamides is 1. The van der Waals surface area contributed by atoms with Gasteiger partial charge in [0.15, 0.2) is 5.82 Å². The van der Waals surface area contributed by atoms with Crippen molar-refractivity contribution in [2.75, 3.05) is 26.0 Å². The molecule has 0 saturated carbocycles. The summed E-state index contributed by atoms with van der Waals surface area (Å²) in [5.74, 6) is 1.28. The lowest BCUT2D eigenvalue weighted by Gasteiger charge is -2.15. The first-order chi connectivity index (χ1) is 15.9. The highest BCUT2D eigenvalue weighted by molar-refractivity contribution is 7.93. The Kier molecular flexibility index (Phi) is 7.16. The second-order valence-corrected chi connectivity index (χ2v) is 9.85. The van der Waals surface area contributed by atoms with E-state index >= 15 is 0 Å². The molecular formula is C23H28BN5O3S. The van der Waals surface area contributed by atoms with E-state index in [0.717, 1.165) is 28.7 Å². The molecule has 1 aliphatic carbocycles. The van der Waals surface area contributed by atoms with E-state index in [1.54, 1.807) is 13.2 Å². The maximum atomic E-state index is 12.6. The third kappa shape index (κ3) is 4.97. The van der Waals surface area contributed by atoms with E-state index < -0.39 is 10.0 Å². The molecule has 1 aliphatic rings. The molecule has 2 heterocycles. The van der Waals surface area contributed by atoms with E-state index in [4.69, 9.17) is 23.3 Å². The Morgan fingerprint density at radius 2 is 2.06 bits per heavy atom. The van der Waals surface area contributed by atoms with Gasteiger partial charge in [0.25, 0.3) is 0 Å². The first-order valence-electron chi connectivity index (χ1n) is 11.1. The van der Waals surface area contributed by atoms with Gasteiger partial charge in [-0.3, -0.25) is 0 Å². The number of ether oxygens (including phenoxy) is 1. The minimum absolute atomic E-state index is 0.280. The Morgan fingerprint density at radius 3 is 2.85 bits per heavy atom. The Hall–Kier alpha value is -2.69. The number of anilines is 1. The van der Waals surface area contributed by atoms with Crippen molar-refractivity contribution in [3.05, 3.63) is 52.6 Å². The molecular weight excluding hydrogens is 437 g/mol. The highest BCUT2D eigenvalue weighted by atomic mass is 32.2. The molecule has 2 aromatic heterocycles. The van der Waals surface area contributed by atoms with E-state index in [1.165, 1.54) is 0 Å². The predicted molar refractivity (Wildman–Crippen MR) is 132 cm³/mol. The number of fused-ring (bicyclic) bond motifs is 3. The maximum Gasteiger partial charge on any atom is 0.236 e. The summed E-state index contributed by atoms with van der Waals surface area (Å²) in [4.78, 5) is 9.55. The maximum absolute atomic E-state index is 12.6. The largest absolute Gasteiger partial charge is 0.384 e. The fraction of sp³-hybridized carbons (Fsp3) is 0.391. The summed E-state index contributed by atoms with van der Waals surface area (Å²) in [6, 6.07) is 7.87. The van der Waals surface area contributed by atoms with E-state index in [2.05, 4.69) is 14.3 Å².